The molecular formula is C86H56BN9O2. The molecule has 0 saturated heterocycles. The van der Waals surface area contributed by atoms with Gasteiger partial charge in [-0.15, -0.1) is 0 Å². The molecule has 13 aromatic carbocycles. The number of anilines is 6. The van der Waals surface area contributed by atoms with Crippen LogP contribution in [0.1, 0.15) is 15.9 Å². The van der Waals surface area contributed by atoms with Crippen molar-refractivity contribution in [1.82, 2.24) is 34.5 Å². The maximum Gasteiger partial charge on any atom is 0.338 e. The Morgan fingerprint density at radius 2 is 0.755 bits per heavy atom. The number of hydrogen-bond donors (Lipinski definition) is 0. The smallest absolute Gasteiger partial charge is 0.338 e. The minimum Gasteiger partial charge on any atom is -0.457 e. The number of para-hydroxylation sites is 4. The molecule has 0 spiro atoms. The van der Waals surface area contributed by atoms with Crippen molar-refractivity contribution in [1.29, 1.82) is 0 Å². The second-order valence-corrected chi connectivity index (χ2v) is 24.5. The molecule has 0 aliphatic carbocycles. The Kier molecular flexibility index (Phi) is 14.2. The molecule has 2 aliphatic heterocycles. The fourth-order valence-corrected chi connectivity index (χ4v) is 14.1. The van der Waals surface area contributed by atoms with Crippen molar-refractivity contribution >= 4 is 85.0 Å². The zero-order valence-electron chi connectivity index (χ0n) is 52.8. The van der Waals surface area contributed by atoms with E-state index in [1.807, 2.05) is 152 Å². The van der Waals surface area contributed by atoms with Crippen LogP contribution in [0.3, 0.4) is 0 Å². The van der Waals surface area contributed by atoms with Crippen molar-refractivity contribution in [2.24, 2.45) is 0 Å². The number of esters is 1. The summed E-state index contributed by atoms with van der Waals surface area (Å²) in [4.78, 5) is 50.6. The number of carbonyl (C=O) groups is 1. The van der Waals surface area contributed by atoms with Gasteiger partial charge in [-0.25, -0.2) is 34.7 Å². The molecule has 12 heteroatoms. The minimum absolute atomic E-state index is 0.0245. The SMILES string of the molecule is O=C(OCc1ccccc1)c1ccc2c(c1)c1ccccc1n2-c1ccc(-c2nc(-c3ccccc3)nc(-c3ccccc3)n2)cc1-c1nc(-c2ccccc2)nc(-c2cccc(-c3cccc(N4c5ccccc5B5c6ccccc6N(c6ccccc6)c6cccc4c65)c3)c2)n1. The summed E-state index contributed by atoms with van der Waals surface area (Å²) in [6, 6.07) is 112. The molecule has 0 unspecified atom stereocenters. The molecule has 0 bridgehead atoms. The van der Waals surface area contributed by atoms with Crippen molar-refractivity contribution in [3.63, 3.8) is 0 Å². The molecule has 0 radical (unpaired) electrons. The van der Waals surface area contributed by atoms with E-state index in [0.29, 0.717) is 46.1 Å². The molecule has 5 heterocycles. The minimum atomic E-state index is -0.411. The van der Waals surface area contributed by atoms with E-state index in [0.717, 1.165) is 100 Å². The summed E-state index contributed by atoms with van der Waals surface area (Å²) < 4.78 is 8.13. The van der Waals surface area contributed by atoms with Crippen LogP contribution in [0.15, 0.2) is 328 Å². The summed E-state index contributed by atoms with van der Waals surface area (Å²) in [7, 11) is 0. The predicted octanol–water partition coefficient (Wildman–Crippen LogP) is 18.3. The van der Waals surface area contributed by atoms with Gasteiger partial charge in [-0.2, -0.15) is 0 Å². The largest absolute Gasteiger partial charge is 0.457 e. The summed E-state index contributed by atoms with van der Waals surface area (Å²) in [5, 5.41) is 1.83. The molecule has 0 amide bonds. The molecule has 16 aromatic rings. The quantitative estimate of drug-likeness (QED) is 0.0816. The maximum absolute atomic E-state index is 13.9. The highest BCUT2D eigenvalue weighted by Gasteiger charge is 2.43. The van der Waals surface area contributed by atoms with E-state index in [9.17, 15) is 4.79 Å². The summed E-state index contributed by atoms with van der Waals surface area (Å²) >= 11 is 0. The van der Waals surface area contributed by atoms with Crippen LogP contribution in [-0.4, -0.2) is 47.2 Å². The lowest BCUT2D eigenvalue weighted by Crippen LogP contribution is -2.61. The number of fused-ring (bicyclic) bond motifs is 7. The molecule has 0 atom stereocenters. The fraction of sp³-hybridized carbons (Fsp3) is 0.0116. The second kappa shape index (κ2) is 24.3. The number of nitrogens with zero attached hydrogens (tertiary/aromatic N) is 9. The van der Waals surface area contributed by atoms with Crippen LogP contribution in [0.2, 0.25) is 0 Å². The van der Waals surface area contributed by atoms with Gasteiger partial charge in [0, 0.05) is 78.3 Å². The molecule has 0 saturated carbocycles. The first kappa shape index (κ1) is 57.5. The molecule has 11 nitrogen and oxygen atoms in total. The number of carbonyl (C=O) groups excluding carboxylic acids is 1. The number of benzene rings is 13. The van der Waals surface area contributed by atoms with Gasteiger partial charge in [0.2, 0.25) is 0 Å². The van der Waals surface area contributed by atoms with E-state index < -0.39 is 5.97 Å². The Labute approximate surface area is 566 Å². The summed E-state index contributed by atoms with van der Waals surface area (Å²) in [5.41, 5.74) is 21.2. The third-order valence-corrected chi connectivity index (χ3v) is 18.6. The van der Waals surface area contributed by atoms with Crippen LogP contribution >= 0.6 is 0 Å². The van der Waals surface area contributed by atoms with E-state index in [1.165, 1.54) is 22.1 Å². The standard InChI is InChI=1S/C86H56BN9O2/c97-86(98-55-56-25-6-1-7-26-56)64-48-50-73-68(54-64)67-39-16-19-42-72(67)96(73)74-49-47-63(84-89-80(57-27-8-2-9-28-57)88-81(90-84)58-29-10-3-11-30-58)53-69(74)85-92-82(59-31-12-4-13-32-59)91-83(93-85)62-35-22-33-60(51-62)61-34-23-38-66(52-61)95-76-44-21-18-41-71(76)87-70-40-17-20-43-75(70)94(65-36-14-5-15-37-65)77-45-24-46-78(95)79(77)87/h1-54H,55H2. The highest BCUT2D eigenvalue weighted by Crippen LogP contribution is 2.45. The van der Waals surface area contributed by atoms with Gasteiger partial charge < -0.3 is 19.1 Å². The van der Waals surface area contributed by atoms with Gasteiger partial charge in [0.15, 0.2) is 34.9 Å². The summed E-state index contributed by atoms with van der Waals surface area (Å²) in [6.45, 7) is 0.180. The monoisotopic (exact) mass is 1260 g/mol. The van der Waals surface area contributed by atoms with Crippen LogP contribution in [0.25, 0.3) is 107 Å². The van der Waals surface area contributed by atoms with Crippen LogP contribution in [0, 0.1) is 0 Å². The lowest BCUT2D eigenvalue weighted by molar-refractivity contribution is 0.0473. The van der Waals surface area contributed by atoms with E-state index in [4.69, 9.17) is 34.6 Å². The molecule has 98 heavy (non-hydrogen) atoms. The average molecular weight is 1260 g/mol. The normalized spacial score (nSPS) is 12.1. The van der Waals surface area contributed by atoms with Gasteiger partial charge in [0.05, 0.1) is 22.3 Å². The summed E-state index contributed by atoms with van der Waals surface area (Å²) in [6.07, 6.45) is 0. The van der Waals surface area contributed by atoms with Crippen molar-refractivity contribution < 1.29 is 9.53 Å². The van der Waals surface area contributed by atoms with Crippen molar-refractivity contribution in [3.05, 3.63) is 339 Å². The Morgan fingerprint density at radius 1 is 0.316 bits per heavy atom. The Bertz CT molecular complexity index is 5700. The number of hydrogen-bond acceptors (Lipinski definition) is 10. The van der Waals surface area contributed by atoms with Crippen LogP contribution in [0.5, 0.6) is 0 Å². The highest BCUT2D eigenvalue weighted by atomic mass is 16.5. The van der Waals surface area contributed by atoms with Gasteiger partial charge in [0.25, 0.3) is 6.71 Å². The zero-order valence-corrected chi connectivity index (χ0v) is 52.8. The third kappa shape index (κ3) is 10.2. The number of ether oxygens (including phenoxy) is 1. The maximum atomic E-state index is 13.9. The first-order chi connectivity index (χ1) is 48.5. The number of rotatable bonds is 13. The van der Waals surface area contributed by atoms with Crippen molar-refractivity contribution in [3.8, 4) is 85.1 Å². The lowest BCUT2D eigenvalue weighted by atomic mass is 9.33. The molecule has 2 aliphatic rings. The van der Waals surface area contributed by atoms with E-state index in [1.54, 1.807) is 0 Å². The van der Waals surface area contributed by atoms with E-state index >= 15 is 0 Å². The van der Waals surface area contributed by atoms with Gasteiger partial charge in [-0.3, -0.25) is 0 Å². The molecule has 0 fully saturated rings. The van der Waals surface area contributed by atoms with Gasteiger partial charge in [-0.05, 0) is 130 Å². The molecular weight excluding hydrogens is 1200 g/mol. The Balaban J connectivity index is 0.796. The van der Waals surface area contributed by atoms with Gasteiger partial charge in [-0.1, -0.05) is 231 Å². The number of aromatic nitrogens is 7. The third-order valence-electron chi connectivity index (χ3n) is 18.6. The highest BCUT2D eigenvalue weighted by molar-refractivity contribution is 7.00. The topological polar surface area (TPSA) is 115 Å². The van der Waals surface area contributed by atoms with Crippen LogP contribution < -0.4 is 26.2 Å². The second-order valence-electron chi connectivity index (χ2n) is 24.5. The Morgan fingerprint density at radius 3 is 1.38 bits per heavy atom. The first-order valence-electron chi connectivity index (χ1n) is 32.8. The van der Waals surface area contributed by atoms with Crippen LogP contribution in [-0.2, 0) is 11.3 Å². The Hall–Kier alpha value is -13.2. The van der Waals surface area contributed by atoms with E-state index in [2.05, 4.69) is 190 Å². The van der Waals surface area contributed by atoms with Gasteiger partial charge in [0.1, 0.15) is 6.61 Å². The molecule has 3 aromatic heterocycles. The van der Waals surface area contributed by atoms with Crippen molar-refractivity contribution in [2.75, 3.05) is 9.80 Å². The average Bonchev–Trinajstić information content (AvgIpc) is 0.850. The lowest BCUT2D eigenvalue weighted by Gasteiger charge is -2.44. The first-order valence-corrected chi connectivity index (χ1v) is 32.8. The zero-order chi connectivity index (χ0) is 65.0. The van der Waals surface area contributed by atoms with Gasteiger partial charge >= 0.3 is 5.97 Å². The molecule has 18 rings (SSSR count). The van der Waals surface area contributed by atoms with Crippen molar-refractivity contribution in [2.45, 2.75) is 6.61 Å². The van der Waals surface area contributed by atoms with E-state index in [-0.39, 0.29) is 13.3 Å². The van der Waals surface area contributed by atoms with Crippen LogP contribution in [0.4, 0.5) is 34.1 Å². The molecule has 460 valence electrons. The summed E-state index contributed by atoms with van der Waals surface area (Å²) in [5.74, 6) is 2.54. The fourth-order valence-electron chi connectivity index (χ4n) is 14.1. The predicted molar refractivity (Wildman–Crippen MR) is 395 cm³/mol. The molecule has 0 N–H and O–H groups in total.